The van der Waals surface area contributed by atoms with Gasteiger partial charge in [-0.2, -0.15) is 0 Å². The van der Waals surface area contributed by atoms with Gasteiger partial charge in [0.05, 0.1) is 6.04 Å². The molecule has 1 saturated carbocycles. The number of nitrogens with zero attached hydrogens (tertiary/aromatic N) is 3. The molecule has 6 rings (SSSR count). The van der Waals surface area contributed by atoms with Crippen LogP contribution >= 0.6 is 0 Å². The third-order valence-electron chi connectivity index (χ3n) is 9.77. The first-order valence-corrected chi connectivity index (χ1v) is 14.1. The van der Waals surface area contributed by atoms with E-state index in [1.165, 1.54) is 76.8 Å². The molecule has 2 aliphatic carbocycles. The minimum atomic E-state index is -0.124. The highest BCUT2D eigenvalue weighted by atomic mass is 19.1. The van der Waals surface area contributed by atoms with Crippen molar-refractivity contribution in [3.05, 3.63) is 71.7 Å². The van der Waals surface area contributed by atoms with Crippen molar-refractivity contribution in [3.8, 4) is 0 Å². The van der Waals surface area contributed by atoms with E-state index >= 15 is 0 Å². The van der Waals surface area contributed by atoms with Gasteiger partial charge in [-0.15, -0.1) is 0 Å². The Hall–Kier alpha value is -1.91. The summed E-state index contributed by atoms with van der Waals surface area (Å²) in [5.41, 5.74) is 2.91. The predicted molar refractivity (Wildman–Crippen MR) is 142 cm³/mol. The third-order valence-corrected chi connectivity index (χ3v) is 9.77. The Morgan fingerprint density at radius 2 is 1.69 bits per heavy atom. The zero-order chi connectivity index (χ0) is 23.8. The number of halogens is 1. The molecular formula is C31H42FN3. The first-order chi connectivity index (χ1) is 17.1. The lowest BCUT2D eigenvalue weighted by Crippen LogP contribution is -2.39. The van der Waals surface area contributed by atoms with Gasteiger partial charge in [-0.05, 0) is 79.1 Å². The van der Waals surface area contributed by atoms with Crippen LogP contribution < -0.4 is 0 Å². The summed E-state index contributed by atoms with van der Waals surface area (Å²) < 4.78 is 13.3. The van der Waals surface area contributed by atoms with Gasteiger partial charge in [0.2, 0.25) is 0 Å². The van der Waals surface area contributed by atoms with E-state index in [1.807, 2.05) is 12.1 Å². The van der Waals surface area contributed by atoms with Crippen molar-refractivity contribution >= 4 is 0 Å². The van der Waals surface area contributed by atoms with E-state index in [2.05, 4.69) is 52.3 Å². The Kier molecular flexibility index (Phi) is 6.86. The molecule has 35 heavy (non-hydrogen) atoms. The van der Waals surface area contributed by atoms with Crippen LogP contribution in [0.4, 0.5) is 4.39 Å². The lowest BCUT2D eigenvalue weighted by Gasteiger charge is -2.35. The van der Waals surface area contributed by atoms with Crippen molar-refractivity contribution in [2.24, 2.45) is 23.7 Å². The Labute approximate surface area is 211 Å². The molecule has 0 radical (unpaired) electrons. The summed E-state index contributed by atoms with van der Waals surface area (Å²) in [5, 5.41) is 0. The molecular weight excluding hydrogens is 433 g/mol. The van der Waals surface area contributed by atoms with Crippen LogP contribution in [-0.2, 0) is 0 Å². The summed E-state index contributed by atoms with van der Waals surface area (Å²) in [4.78, 5) is 7.96. The standard InChI is InChI=1S/C31H42FN3/c1-33-16-13-26-7-4-8-27(31(26)33)19-35-21-28(30(22-35)25-5-2-3-6-25)20-34-17-14-24(15-18-34)23-9-11-29(32)12-10-23/h4,7-13,16,24-26,28,30-31H,2-3,5-6,14-15,17-22H2,1H3/t26?,28?,30-,31?/m0/s1. The lowest BCUT2D eigenvalue weighted by molar-refractivity contribution is 0.154. The van der Waals surface area contributed by atoms with Crippen molar-refractivity contribution in [1.29, 1.82) is 0 Å². The fraction of sp³-hybridized carbons (Fsp3) is 0.613. The third kappa shape index (κ3) is 5.02. The van der Waals surface area contributed by atoms with Crippen LogP contribution in [0.15, 0.2) is 60.3 Å². The quantitative estimate of drug-likeness (QED) is 0.524. The molecule has 4 heteroatoms. The molecule has 3 unspecified atom stereocenters. The van der Waals surface area contributed by atoms with Gasteiger partial charge in [-0.1, -0.05) is 62.1 Å². The number of fused-ring (bicyclic) bond motifs is 1. The maximum absolute atomic E-state index is 13.3. The number of rotatable bonds is 6. The smallest absolute Gasteiger partial charge is 0.123 e. The van der Waals surface area contributed by atoms with Gasteiger partial charge in [0.25, 0.3) is 0 Å². The summed E-state index contributed by atoms with van der Waals surface area (Å²) in [7, 11) is 2.23. The molecule has 5 aliphatic rings. The van der Waals surface area contributed by atoms with Gasteiger partial charge in [0, 0.05) is 39.1 Å². The number of allylic oxidation sites excluding steroid dienone is 2. The molecule has 1 aromatic carbocycles. The van der Waals surface area contributed by atoms with Crippen molar-refractivity contribution < 1.29 is 4.39 Å². The fourth-order valence-corrected chi connectivity index (χ4v) is 7.94. The summed E-state index contributed by atoms with van der Waals surface area (Å²) in [6.07, 6.45) is 19.8. The van der Waals surface area contributed by atoms with Crippen molar-refractivity contribution in [1.82, 2.24) is 14.7 Å². The van der Waals surface area contributed by atoms with Crippen LogP contribution in [0.25, 0.3) is 0 Å². The lowest BCUT2D eigenvalue weighted by atomic mass is 9.82. The SMILES string of the molecule is CN1C=CC2C=CC=C(CN3CC(CN4CCC(c5ccc(F)cc5)CC4)[C@H](C4CCCC4)C3)C21. The van der Waals surface area contributed by atoms with E-state index in [0.29, 0.717) is 17.9 Å². The molecule has 0 N–H and O–H groups in total. The average Bonchev–Trinajstić information content (AvgIpc) is 3.62. The molecule has 3 fully saturated rings. The highest BCUT2D eigenvalue weighted by molar-refractivity contribution is 5.33. The number of benzene rings is 1. The topological polar surface area (TPSA) is 9.72 Å². The van der Waals surface area contributed by atoms with Crippen LogP contribution in [0.1, 0.15) is 50.0 Å². The molecule has 188 valence electrons. The molecule has 4 atom stereocenters. The highest BCUT2D eigenvalue weighted by Gasteiger charge is 2.41. The maximum Gasteiger partial charge on any atom is 0.123 e. The minimum Gasteiger partial charge on any atom is -0.373 e. The summed E-state index contributed by atoms with van der Waals surface area (Å²) in [5.74, 6) is 3.62. The van der Waals surface area contributed by atoms with Gasteiger partial charge in [-0.25, -0.2) is 4.39 Å². The second-order valence-electron chi connectivity index (χ2n) is 11.9. The molecule has 1 aromatic rings. The van der Waals surface area contributed by atoms with E-state index < -0.39 is 0 Å². The highest BCUT2D eigenvalue weighted by Crippen LogP contribution is 2.41. The summed E-state index contributed by atoms with van der Waals surface area (Å²) in [6.45, 7) is 7.31. The normalized spacial score (nSPS) is 32.5. The Morgan fingerprint density at radius 3 is 2.46 bits per heavy atom. The van der Waals surface area contributed by atoms with Crippen LogP contribution in [0.5, 0.6) is 0 Å². The van der Waals surface area contributed by atoms with Crippen molar-refractivity contribution in [3.63, 3.8) is 0 Å². The molecule has 0 spiro atoms. The van der Waals surface area contributed by atoms with E-state index in [1.54, 1.807) is 17.7 Å². The second-order valence-corrected chi connectivity index (χ2v) is 11.9. The molecule has 3 heterocycles. The number of hydrogen-bond donors (Lipinski definition) is 0. The second kappa shape index (κ2) is 10.2. The zero-order valence-corrected chi connectivity index (χ0v) is 21.4. The van der Waals surface area contributed by atoms with Crippen molar-refractivity contribution in [2.45, 2.75) is 50.5 Å². The Bertz CT molecular complexity index is 952. The molecule has 0 bridgehead atoms. The first kappa shape index (κ1) is 23.5. The number of hydrogen-bond acceptors (Lipinski definition) is 3. The van der Waals surface area contributed by atoms with E-state index in [0.717, 1.165) is 24.3 Å². The van der Waals surface area contributed by atoms with Gasteiger partial charge in [-0.3, -0.25) is 4.90 Å². The van der Waals surface area contributed by atoms with Crippen LogP contribution in [0, 0.1) is 29.5 Å². The fourth-order valence-electron chi connectivity index (χ4n) is 7.94. The van der Waals surface area contributed by atoms with E-state index in [-0.39, 0.29) is 5.82 Å². The van der Waals surface area contributed by atoms with Gasteiger partial charge < -0.3 is 9.80 Å². The van der Waals surface area contributed by atoms with Gasteiger partial charge in [0.1, 0.15) is 5.82 Å². The molecule has 3 nitrogen and oxygen atoms in total. The Morgan fingerprint density at radius 1 is 0.914 bits per heavy atom. The predicted octanol–water partition coefficient (Wildman–Crippen LogP) is 5.68. The minimum absolute atomic E-state index is 0.124. The first-order valence-electron chi connectivity index (χ1n) is 14.1. The monoisotopic (exact) mass is 475 g/mol. The molecule has 2 saturated heterocycles. The van der Waals surface area contributed by atoms with Gasteiger partial charge >= 0.3 is 0 Å². The van der Waals surface area contributed by atoms with Crippen molar-refractivity contribution in [2.75, 3.05) is 46.3 Å². The summed E-state index contributed by atoms with van der Waals surface area (Å²) in [6, 6.07) is 7.77. The van der Waals surface area contributed by atoms with Gasteiger partial charge in [0.15, 0.2) is 0 Å². The van der Waals surface area contributed by atoms with E-state index in [4.69, 9.17) is 0 Å². The molecule has 0 aromatic heterocycles. The molecule has 0 amide bonds. The van der Waals surface area contributed by atoms with E-state index in [9.17, 15) is 4.39 Å². The largest absolute Gasteiger partial charge is 0.373 e. The van der Waals surface area contributed by atoms with Crippen LogP contribution in [0.3, 0.4) is 0 Å². The number of likely N-dealkylation sites (N-methyl/N-ethyl adjacent to an activating group) is 1. The summed E-state index contributed by atoms with van der Waals surface area (Å²) >= 11 is 0. The number of likely N-dealkylation sites (tertiary alicyclic amines) is 2. The van der Waals surface area contributed by atoms with Crippen LogP contribution in [0.2, 0.25) is 0 Å². The number of piperidine rings is 1. The zero-order valence-electron chi connectivity index (χ0n) is 21.4. The molecule has 3 aliphatic heterocycles. The van der Waals surface area contributed by atoms with Crippen LogP contribution in [-0.4, -0.2) is 67.1 Å². The average molecular weight is 476 g/mol. The Balaban J connectivity index is 1.08. The maximum atomic E-state index is 13.3.